The lowest BCUT2D eigenvalue weighted by molar-refractivity contribution is -0.137. The normalized spacial score (nSPS) is 10.4. The quantitative estimate of drug-likeness (QED) is 0.538. The van der Waals surface area contributed by atoms with Gasteiger partial charge in [0.05, 0.1) is 10.6 Å². The zero-order valence-electron chi connectivity index (χ0n) is 14.6. The Kier molecular flexibility index (Phi) is 11.0. The zero-order chi connectivity index (χ0) is 19.2. The van der Waals surface area contributed by atoms with Crippen LogP contribution in [0.1, 0.15) is 17.5 Å². The number of pyridine rings is 1. The number of carbonyl (C=O) groups is 1. The molecule has 1 heterocycles. The second-order valence-corrected chi connectivity index (χ2v) is 5.98. The van der Waals surface area contributed by atoms with Gasteiger partial charge in [-0.25, -0.2) is 4.98 Å². The first kappa shape index (κ1) is 26.1. The molecule has 0 fully saturated rings. The molecule has 5 nitrogen and oxygen atoms in total. The third-order valence-electron chi connectivity index (χ3n) is 3.53. The van der Waals surface area contributed by atoms with Gasteiger partial charge in [0, 0.05) is 31.4 Å². The molecule has 2 rings (SSSR count). The number of amides is 1. The number of hydrogen-bond donors (Lipinski definition) is 3. The summed E-state index contributed by atoms with van der Waals surface area (Å²) in [5.41, 5.74) is 6.41. The van der Waals surface area contributed by atoms with E-state index >= 15 is 0 Å². The fourth-order valence-electron chi connectivity index (χ4n) is 2.14. The fraction of sp³-hybridized carbons (Fsp3) is 0.294. The minimum atomic E-state index is -4.50. The van der Waals surface area contributed by atoms with Gasteiger partial charge >= 0.3 is 6.18 Å². The molecule has 0 aliphatic rings. The maximum Gasteiger partial charge on any atom is 0.417 e. The summed E-state index contributed by atoms with van der Waals surface area (Å²) in [6, 6.07) is 8.16. The van der Waals surface area contributed by atoms with Crippen LogP contribution in [0.3, 0.4) is 0 Å². The molecule has 0 aliphatic carbocycles. The Balaban J connectivity index is 0.00000364. The van der Waals surface area contributed by atoms with E-state index in [1.807, 2.05) is 12.1 Å². The van der Waals surface area contributed by atoms with Crippen LogP contribution in [-0.2, 0) is 17.4 Å². The summed E-state index contributed by atoms with van der Waals surface area (Å²) in [6.45, 7) is 0.674. The van der Waals surface area contributed by atoms with Crippen molar-refractivity contribution >= 4 is 53.8 Å². The molecule has 0 saturated heterocycles. The Morgan fingerprint density at radius 3 is 2.36 bits per heavy atom. The van der Waals surface area contributed by atoms with Crippen molar-refractivity contribution in [3.05, 3.63) is 52.7 Å². The lowest BCUT2D eigenvalue weighted by atomic mass is 10.1. The summed E-state index contributed by atoms with van der Waals surface area (Å²) in [5, 5.41) is 5.37. The number of nitrogens with zero attached hydrogens (tertiary/aromatic N) is 1. The van der Waals surface area contributed by atoms with E-state index in [0.717, 1.165) is 11.6 Å². The molecule has 0 bridgehead atoms. The Labute approximate surface area is 178 Å². The number of halogens is 6. The minimum Gasteiger partial charge on any atom is -0.399 e. The van der Waals surface area contributed by atoms with Crippen LogP contribution in [0.4, 0.5) is 24.7 Å². The fourth-order valence-corrected chi connectivity index (χ4v) is 2.37. The summed E-state index contributed by atoms with van der Waals surface area (Å²) in [7, 11) is 0. The summed E-state index contributed by atoms with van der Waals surface area (Å²) in [4.78, 5) is 15.4. The number of nitrogen functional groups attached to an aromatic ring is 1. The highest BCUT2D eigenvalue weighted by atomic mass is 35.5. The highest BCUT2D eigenvalue weighted by Gasteiger charge is 2.31. The number of benzene rings is 1. The molecule has 1 aromatic carbocycles. The van der Waals surface area contributed by atoms with E-state index in [1.165, 1.54) is 0 Å². The third kappa shape index (κ3) is 8.41. The molecular formula is C17H20Cl3F3N4O. The predicted molar refractivity (Wildman–Crippen MR) is 109 cm³/mol. The summed E-state index contributed by atoms with van der Waals surface area (Å²) < 4.78 is 37.6. The summed E-state index contributed by atoms with van der Waals surface area (Å²) >= 11 is 5.78. The number of carbonyl (C=O) groups excluding carboxylic acids is 1. The molecule has 0 radical (unpaired) electrons. The molecule has 2 aromatic rings. The summed E-state index contributed by atoms with van der Waals surface area (Å²) in [5.74, 6) is -0.0784. The monoisotopic (exact) mass is 458 g/mol. The van der Waals surface area contributed by atoms with Crippen molar-refractivity contribution in [2.75, 3.05) is 24.1 Å². The van der Waals surface area contributed by atoms with E-state index in [0.29, 0.717) is 24.8 Å². The molecule has 1 amide bonds. The van der Waals surface area contributed by atoms with Gasteiger partial charge in [-0.2, -0.15) is 13.2 Å². The first-order valence-corrected chi connectivity index (χ1v) is 8.21. The van der Waals surface area contributed by atoms with Crippen molar-refractivity contribution in [3.8, 4) is 0 Å². The van der Waals surface area contributed by atoms with Gasteiger partial charge in [-0.3, -0.25) is 4.79 Å². The maximum absolute atomic E-state index is 12.5. The third-order valence-corrected chi connectivity index (χ3v) is 3.82. The van der Waals surface area contributed by atoms with Crippen LogP contribution in [0.5, 0.6) is 0 Å². The van der Waals surface area contributed by atoms with Gasteiger partial charge in [-0.05, 0) is 30.2 Å². The number of hydrogen-bond acceptors (Lipinski definition) is 4. The molecular weight excluding hydrogens is 440 g/mol. The van der Waals surface area contributed by atoms with Crippen molar-refractivity contribution in [1.29, 1.82) is 0 Å². The van der Waals surface area contributed by atoms with Crippen LogP contribution >= 0.6 is 36.4 Å². The SMILES string of the molecule is Cl.Cl.Nc1ccc(CCNC(=O)CCNc2ncc(C(F)(F)F)cc2Cl)cc1. The van der Waals surface area contributed by atoms with Crippen LogP contribution in [0, 0.1) is 0 Å². The van der Waals surface area contributed by atoms with E-state index in [9.17, 15) is 18.0 Å². The number of aromatic nitrogens is 1. The molecule has 0 aliphatic heterocycles. The molecule has 4 N–H and O–H groups in total. The number of alkyl halides is 3. The standard InChI is InChI=1S/C17H18ClF3N4O.2ClH/c18-14-9-12(17(19,20)21)10-25-16(14)24-8-6-15(26)23-7-5-11-1-3-13(22)4-2-11;;/h1-4,9-10H,5-8,22H2,(H,23,26)(H,24,25);2*1H. The van der Waals surface area contributed by atoms with E-state index in [2.05, 4.69) is 15.6 Å². The molecule has 0 unspecified atom stereocenters. The minimum absolute atomic E-state index is 0. The zero-order valence-corrected chi connectivity index (χ0v) is 16.9. The van der Waals surface area contributed by atoms with Crippen LogP contribution < -0.4 is 16.4 Å². The van der Waals surface area contributed by atoms with Gasteiger partial charge in [0.1, 0.15) is 5.82 Å². The van der Waals surface area contributed by atoms with Crippen molar-refractivity contribution in [2.45, 2.75) is 19.0 Å². The van der Waals surface area contributed by atoms with Gasteiger partial charge < -0.3 is 16.4 Å². The van der Waals surface area contributed by atoms with Gasteiger partial charge in [0.25, 0.3) is 0 Å². The van der Waals surface area contributed by atoms with Gasteiger partial charge in [0.2, 0.25) is 5.91 Å². The van der Waals surface area contributed by atoms with Crippen LogP contribution in [0.25, 0.3) is 0 Å². The highest BCUT2D eigenvalue weighted by molar-refractivity contribution is 6.32. The molecule has 0 spiro atoms. The lowest BCUT2D eigenvalue weighted by Crippen LogP contribution is -2.27. The predicted octanol–water partition coefficient (Wildman–Crippen LogP) is 4.34. The lowest BCUT2D eigenvalue weighted by Gasteiger charge is -2.11. The van der Waals surface area contributed by atoms with Crippen molar-refractivity contribution < 1.29 is 18.0 Å². The molecule has 11 heteroatoms. The van der Waals surface area contributed by atoms with Crippen LogP contribution in [0.15, 0.2) is 36.5 Å². The summed E-state index contributed by atoms with van der Waals surface area (Å²) in [6.07, 6.45) is -2.99. The van der Waals surface area contributed by atoms with Gasteiger partial charge in [-0.15, -0.1) is 24.8 Å². The van der Waals surface area contributed by atoms with Crippen molar-refractivity contribution in [3.63, 3.8) is 0 Å². The van der Waals surface area contributed by atoms with E-state index < -0.39 is 11.7 Å². The molecule has 1 aromatic heterocycles. The molecule has 0 atom stereocenters. The second-order valence-electron chi connectivity index (χ2n) is 5.57. The average molecular weight is 460 g/mol. The van der Waals surface area contributed by atoms with Crippen LogP contribution in [-0.4, -0.2) is 24.0 Å². The number of rotatable bonds is 7. The van der Waals surface area contributed by atoms with Crippen LogP contribution in [0.2, 0.25) is 5.02 Å². The number of anilines is 2. The Morgan fingerprint density at radius 1 is 1.14 bits per heavy atom. The molecule has 156 valence electrons. The molecule has 0 saturated carbocycles. The Bertz CT molecular complexity index is 758. The van der Waals surface area contributed by atoms with E-state index in [-0.39, 0.29) is 54.5 Å². The van der Waals surface area contributed by atoms with Crippen molar-refractivity contribution in [1.82, 2.24) is 10.3 Å². The number of nitrogens with two attached hydrogens (primary N) is 1. The van der Waals surface area contributed by atoms with E-state index in [1.54, 1.807) is 12.1 Å². The van der Waals surface area contributed by atoms with Crippen molar-refractivity contribution in [2.24, 2.45) is 0 Å². The highest BCUT2D eigenvalue weighted by Crippen LogP contribution is 2.32. The van der Waals surface area contributed by atoms with Gasteiger partial charge in [0.15, 0.2) is 0 Å². The molecule has 28 heavy (non-hydrogen) atoms. The second kappa shape index (κ2) is 11.8. The van der Waals surface area contributed by atoms with E-state index in [4.69, 9.17) is 17.3 Å². The smallest absolute Gasteiger partial charge is 0.399 e. The maximum atomic E-state index is 12.5. The Hall–Kier alpha value is -1.90. The Morgan fingerprint density at radius 2 is 1.79 bits per heavy atom. The number of nitrogens with one attached hydrogen (secondary N) is 2. The largest absolute Gasteiger partial charge is 0.417 e. The average Bonchev–Trinajstić information content (AvgIpc) is 2.57. The topological polar surface area (TPSA) is 80.0 Å². The van der Waals surface area contributed by atoms with Gasteiger partial charge in [-0.1, -0.05) is 23.7 Å². The first-order valence-electron chi connectivity index (χ1n) is 7.83. The first-order chi connectivity index (χ1) is 12.3.